The van der Waals surface area contributed by atoms with Gasteiger partial charge in [-0.1, -0.05) is 20.8 Å². The minimum Gasteiger partial charge on any atom is -0.459 e. The predicted molar refractivity (Wildman–Crippen MR) is 107 cm³/mol. The van der Waals surface area contributed by atoms with Gasteiger partial charge in [0.25, 0.3) is 0 Å². The Kier molecular flexibility index (Phi) is 5.81. The molecule has 1 aliphatic rings. The zero-order chi connectivity index (χ0) is 19.6. The number of carbonyl (C=O) groups is 1. The first kappa shape index (κ1) is 19.8. The van der Waals surface area contributed by atoms with E-state index in [2.05, 4.69) is 36.0 Å². The highest BCUT2D eigenvalue weighted by atomic mass is 32.1. The number of hydrogen-bond acceptors (Lipinski definition) is 7. The highest BCUT2D eigenvalue weighted by Gasteiger charge is 2.29. The summed E-state index contributed by atoms with van der Waals surface area (Å²) >= 11 is 1.62. The van der Waals surface area contributed by atoms with E-state index in [1.54, 1.807) is 29.7 Å². The first-order valence-electron chi connectivity index (χ1n) is 9.24. The topological polar surface area (TPSA) is 64.5 Å². The zero-order valence-electron chi connectivity index (χ0n) is 16.6. The van der Waals surface area contributed by atoms with Crippen molar-refractivity contribution in [2.45, 2.75) is 52.2 Å². The van der Waals surface area contributed by atoms with E-state index < -0.39 is 0 Å². The van der Waals surface area contributed by atoms with Crippen LogP contribution in [0.5, 0.6) is 0 Å². The summed E-state index contributed by atoms with van der Waals surface area (Å²) in [5, 5.41) is 3.07. The Morgan fingerprint density at radius 1 is 1.41 bits per heavy atom. The number of esters is 1. The predicted octanol–water partition coefficient (Wildman–Crippen LogP) is 3.98. The quantitative estimate of drug-likeness (QED) is 0.737. The molecule has 1 aliphatic heterocycles. The van der Waals surface area contributed by atoms with Crippen molar-refractivity contribution in [2.24, 2.45) is 0 Å². The number of anilines is 1. The molecule has 27 heavy (non-hydrogen) atoms. The molecule has 1 saturated heterocycles. The van der Waals surface area contributed by atoms with Crippen LogP contribution in [0.25, 0.3) is 0 Å². The van der Waals surface area contributed by atoms with Crippen LogP contribution < -0.4 is 4.90 Å². The van der Waals surface area contributed by atoms with E-state index in [1.807, 2.05) is 13.8 Å². The molecule has 3 rings (SSSR count). The van der Waals surface area contributed by atoms with Gasteiger partial charge in [0.2, 0.25) is 0 Å². The molecule has 1 fully saturated rings. The molecule has 0 radical (unpaired) electrons. The molecule has 0 bridgehead atoms. The Hall–Kier alpha value is -1.99. The van der Waals surface area contributed by atoms with Crippen molar-refractivity contribution < 1.29 is 14.3 Å². The number of hydrogen-bond donors (Lipinski definition) is 0. The summed E-state index contributed by atoms with van der Waals surface area (Å²) in [6.45, 7) is 12.0. The van der Waals surface area contributed by atoms with Gasteiger partial charge in [0.05, 0.1) is 24.9 Å². The molecule has 3 heterocycles. The smallest absolute Gasteiger partial charge is 0.342 e. The maximum Gasteiger partial charge on any atom is 0.342 e. The maximum absolute atomic E-state index is 12.5. The van der Waals surface area contributed by atoms with Crippen molar-refractivity contribution in [3.8, 4) is 0 Å². The van der Waals surface area contributed by atoms with Gasteiger partial charge < -0.3 is 14.4 Å². The Bertz CT molecular complexity index is 798. The molecule has 0 spiro atoms. The van der Waals surface area contributed by atoms with E-state index in [0.717, 1.165) is 10.7 Å². The van der Waals surface area contributed by atoms with Crippen molar-refractivity contribution in [3.05, 3.63) is 40.0 Å². The third-order valence-electron chi connectivity index (χ3n) is 4.28. The summed E-state index contributed by atoms with van der Waals surface area (Å²) in [5.74, 6) is 0.296. The summed E-state index contributed by atoms with van der Waals surface area (Å²) in [7, 11) is 0. The van der Waals surface area contributed by atoms with Gasteiger partial charge in [-0.25, -0.2) is 14.8 Å². The molecule has 7 heteroatoms. The fourth-order valence-electron chi connectivity index (χ4n) is 2.86. The molecular weight excluding hydrogens is 362 g/mol. The lowest BCUT2D eigenvalue weighted by Crippen LogP contribution is -2.39. The van der Waals surface area contributed by atoms with Crippen LogP contribution in [-0.4, -0.2) is 41.7 Å². The van der Waals surface area contributed by atoms with Gasteiger partial charge in [0, 0.05) is 23.5 Å². The second kappa shape index (κ2) is 7.94. The third-order valence-corrected chi connectivity index (χ3v) is 5.22. The first-order chi connectivity index (χ1) is 12.8. The Morgan fingerprint density at radius 3 is 2.85 bits per heavy atom. The highest BCUT2D eigenvalue weighted by molar-refractivity contribution is 7.09. The van der Waals surface area contributed by atoms with Crippen molar-refractivity contribution in [3.63, 3.8) is 0 Å². The molecule has 0 aromatic carbocycles. The average molecular weight is 390 g/mol. The number of pyridine rings is 1. The highest BCUT2D eigenvalue weighted by Crippen LogP contribution is 2.32. The molecule has 146 valence electrons. The minimum atomic E-state index is -0.347. The standard InChI is InChI=1S/C20H27N3O3S/c1-13(2)26-19(24)14-7-6-8-21-17(14)23-9-10-25-15(11-23)18-22-16(12-27-18)20(3,4)5/h6-8,12-13,15H,9-11H2,1-5H3. The van der Waals surface area contributed by atoms with Crippen molar-refractivity contribution in [1.82, 2.24) is 9.97 Å². The number of thiazole rings is 1. The SMILES string of the molecule is CC(C)OC(=O)c1cccnc1N1CCOC(c2nc(C(C)(C)C)cs2)C1. The summed E-state index contributed by atoms with van der Waals surface area (Å²) in [6.07, 6.45) is 1.40. The zero-order valence-corrected chi connectivity index (χ0v) is 17.4. The Labute approximate surface area is 164 Å². The van der Waals surface area contributed by atoms with E-state index in [-0.39, 0.29) is 23.6 Å². The molecular formula is C20H27N3O3S. The van der Waals surface area contributed by atoms with Crippen molar-refractivity contribution >= 4 is 23.1 Å². The largest absolute Gasteiger partial charge is 0.459 e. The molecule has 1 atom stereocenters. The van der Waals surface area contributed by atoms with Crippen LogP contribution in [0.4, 0.5) is 5.82 Å². The van der Waals surface area contributed by atoms with E-state index in [4.69, 9.17) is 14.5 Å². The molecule has 0 amide bonds. The van der Waals surface area contributed by atoms with Crippen LogP contribution in [0.15, 0.2) is 23.7 Å². The summed E-state index contributed by atoms with van der Waals surface area (Å²) in [4.78, 5) is 23.8. The lowest BCUT2D eigenvalue weighted by molar-refractivity contribution is 0.0355. The summed E-state index contributed by atoms with van der Waals surface area (Å²) in [6, 6.07) is 3.52. The number of aromatic nitrogens is 2. The average Bonchev–Trinajstić information content (AvgIpc) is 3.12. The minimum absolute atomic E-state index is 0.0118. The second-order valence-corrected chi connectivity index (χ2v) is 8.84. The van der Waals surface area contributed by atoms with E-state index in [9.17, 15) is 4.79 Å². The molecule has 1 unspecified atom stereocenters. The van der Waals surface area contributed by atoms with Gasteiger partial charge in [0.1, 0.15) is 22.5 Å². The van der Waals surface area contributed by atoms with E-state index in [1.165, 1.54) is 0 Å². The molecule has 0 saturated carbocycles. The van der Waals surface area contributed by atoms with Crippen molar-refractivity contribution in [1.29, 1.82) is 0 Å². The molecule has 0 N–H and O–H groups in total. The lowest BCUT2D eigenvalue weighted by atomic mass is 9.93. The summed E-state index contributed by atoms with van der Waals surface area (Å²) < 4.78 is 11.3. The Balaban J connectivity index is 1.81. The van der Waals surface area contributed by atoms with Gasteiger partial charge in [-0.15, -0.1) is 11.3 Å². The number of nitrogens with zero attached hydrogens (tertiary/aromatic N) is 3. The number of morpholine rings is 1. The fourth-order valence-corrected chi connectivity index (χ4v) is 3.94. The number of rotatable bonds is 4. The van der Waals surface area contributed by atoms with Crippen LogP contribution in [0.1, 0.15) is 61.8 Å². The van der Waals surface area contributed by atoms with E-state index in [0.29, 0.717) is 31.1 Å². The van der Waals surface area contributed by atoms with Gasteiger partial charge >= 0.3 is 5.97 Å². The molecule has 2 aromatic rings. The van der Waals surface area contributed by atoms with Gasteiger partial charge in [-0.05, 0) is 26.0 Å². The summed E-state index contributed by atoms with van der Waals surface area (Å²) in [5.41, 5.74) is 1.57. The van der Waals surface area contributed by atoms with Gasteiger partial charge in [-0.3, -0.25) is 0 Å². The van der Waals surface area contributed by atoms with Crippen LogP contribution >= 0.6 is 11.3 Å². The fraction of sp³-hybridized carbons (Fsp3) is 0.550. The van der Waals surface area contributed by atoms with Gasteiger partial charge in [-0.2, -0.15) is 0 Å². The number of carbonyl (C=O) groups excluding carboxylic acids is 1. The third kappa shape index (κ3) is 4.65. The normalized spacial score (nSPS) is 18.0. The van der Waals surface area contributed by atoms with E-state index >= 15 is 0 Å². The van der Waals surface area contributed by atoms with Gasteiger partial charge in [0.15, 0.2) is 0 Å². The van der Waals surface area contributed by atoms with Crippen LogP contribution in [0.2, 0.25) is 0 Å². The number of ether oxygens (including phenoxy) is 2. The monoisotopic (exact) mass is 389 g/mol. The molecule has 6 nitrogen and oxygen atoms in total. The maximum atomic E-state index is 12.5. The second-order valence-electron chi connectivity index (χ2n) is 7.96. The first-order valence-corrected chi connectivity index (χ1v) is 10.1. The lowest BCUT2D eigenvalue weighted by Gasteiger charge is -2.33. The van der Waals surface area contributed by atoms with Crippen molar-refractivity contribution in [2.75, 3.05) is 24.6 Å². The van der Waals surface area contributed by atoms with Crippen LogP contribution in [0.3, 0.4) is 0 Å². The molecule has 0 aliphatic carbocycles. The molecule has 2 aromatic heterocycles. The Morgan fingerprint density at radius 2 is 2.19 bits per heavy atom. The van der Waals surface area contributed by atoms with Crippen LogP contribution in [0, 0.1) is 0 Å². The van der Waals surface area contributed by atoms with Crippen LogP contribution in [-0.2, 0) is 14.9 Å².